The highest BCUT2D eigenvalue weighted by Gasteiger charge is 2.18. The third kappa shape index (κ3) is 4.87. The minimum absolute atomic E-state index is 0.170. The molecule has 1 N–H and O–H groups in total. The molecule has 2 aromatic rings. The molecular formula is C19H22Cl2N4O. The molecule has 1 aliphatic rings. The Bertz CT molecular complexity index is 776. The van der Waals surface area contributed by atoms with E-state index in [0.717, 1.165) is 32.7 Å². The molecule has 2 heterocycles. The summed E-state index contributed by atoms with van der Waals surface area (Å²) in [4.78, 5) is 20.9. The number of hydrogen-bond acceptors (Lipinski definition) is 4. The molecule has 26 heavy (non-hydrogen) atoms. The highest BCUT2D eigenvalue weighted by Crippen LogP contribution is 2.18. The molecule has 1 aromatic carbocycles. The molecule has 1 saturated heterocycles. The van der Waals surface area contributed by atoms with Crippen LogP contribution in [-0.4, -0.2) is 55.1 Å². The third-order valence-electron chi connectivity index (χ3n) is 4.48. The molecular weight excluding hydrogens is 371 g/mol. The van der Waals surface area contributed by atoms with Crippen LogP contribution in [0.25, 0.3) is 0 Å². The molecule has 0 radical (unpaired) electrons. The molecule has 138 valence electrons. The van der Waals surface area contributed by atoms with Crippen molar-refractivity contribution in [3.8, 4) is 0 Å². The number of rotatable bonds is 5. The lowest BCUT2D eigenvalue weighted by Crippen LogP contribution is -2.48. The number of halogens is 2. The molecule has 1 fully saturated rings. The summed E-state index contributed by atoms with van der Waals surface area (Å²) in [6, 6.07) is 11.7. The Morgan fingerprint density at radius 3 is 2.65 bits per heavy atom. The van der Waals surface area contributed by atoms with Gasteiger partial charge in [0.15, 0.2) is 0 Å². The van der Waals surface area contributed by atoms with Gasteiger partial charge in [-0.3, -0.25) is 9.69 Å². The van der Waals surface area contributed by atoms with Gasteiger partial charge in [-0.05, 0) is 36.8 Å². The van der Waals surface area contributed by atoms with Gasteiger partial charge in [-0.2, -0.15) is 0 Å². The van der Waals surface area contributed by atoms with Gasteiger partial charge in [0.05, 0.1) is 5.02 Å². The second kappa shape index (κ2) is 8.71. The lowest BCUT2D eigenvalue weighted by molar-refractivity contribution is 0.0943. The molecule has 1 amide bonds. The van der Waals surface area contributed by atoms with Crippen LogP contribution in [0.3, 0.4) is 0 Å². The molecule has 5 nitrogen and oxygen atoms in total. The number of carbonyl (C=O) groups is 1. The van der Waals surface area contributed by atoms with Crippen LogP contribution in [0.5, 0.6) is 0 Å². The van der Waals surface area contributed by atoms with Gasteiger partial charge in [-0.25, -0.2) is 4.98 Å². The second-order valence-corrected chi connectivity index (χ2v) is 7.18. The van der Waals surface area contributed by atoms with E-state index >= 15 is 0 Å². The first-order chi connectivity index (χ1) is 12.5. The fourth-order valence-corrected chi connectivity index (χ4v) is 3.38. The number of amides is 1. The van der Waals surface area contributed by atoms with Crippen molar-refractivity contribution in [1.82, 2.24) is 15.2 Å². The first kappa shape index (κ1) is 19.0. The number of anilines is 1. The minimum Gasteiger partial charge on any atom is -0.369 e. The summed E-state index contributed by atoms with van der Waals surface area (Å²) in [5, 5.41) is 3.43. The van der Waals surface area contributed by atoms with Gasteiger partial charge in [0.1, 0.15) is 10.8 Å². The zero-order chi connectivity index (χ0) is 18.5. The molecule has 7 heteroatoms. The van der Waals surface area contributed by atoms with Crippen LogP contribution in [0, 0.1) is 6.92 Å². The zero-order valence-electron chi connectivity index (χ0n) is 14.7. The van der Waals surface area contributed by atoms with Crippen molar-refractivity contribution < 1.29 is 4.79 Å². The van der Waals surface area contributed by atoms with Gasteiger partial charge in [-0.1, -0.05) is 35.3 Å². The van der Waals surface area contributed by atoms with E-state index in [1.165, 1.54) is 11.3 Å². The maximum absolute atomic E-state index is 12.2. The number of benzene rings is 1. The molecule has 1 aliphatic heterocycles. The Balaban J connectivity index is 1.44. The lowest BCUT2D eigenvalue weighted by Gasteiger charge is -2.36. The minimum atomic E-state index is -0.295. The van der Waals surface area contributed by atoms with Crippen molar-refractivity contribution in [3.63, 3.8) is 0 Å². The van der Waals surface area contributed by atoms with Crippen molar-refractivity contribution in [1.29, 1.82) is 0 Å². The molecule has 1 aromatic heterocycles. The van der Waals surface area contributed by atoms with E-state index < -0.39 is 0 Å². The van der Waals surface area contributed by atoms with Crippen molar-refractivity contribution in [2.75, 3.05) is 44.2 Å². The summed E-state index contributed by atoms with van der Waals surface area (Å²) in [5.41, 5.74) is 2.73. The smallest absolute Gasteiger partial charge is 0.271 e. The van der Waals surface area contributed by atoms with Crippen LogP contribution in [0.2, 0.25) is 10.2 Å². The number of pyridine rings is 1. The van der Waals surface area contributed by atoms with Crippen LogP contribution in [0.4, 0.5) is 5.69 Å². The van der Waals surface area contributed by atoms with E-state index in [0.29, 0.717) is 11.6 Å². The van der Waals surface area contributed by atoms with Crippen molar-refractivity contribution >= 4 is 34.8 Å². The van der Waals surface area contributed by atoms with Gasteiger partial charge in [-0.15, -0.1) is 0 Å². The number of aromatic nitrogens is 1. The van der Waals surface area contributed by atoms with Gasteiger partial charge in [0.2, 0.25) is 0 Å². The first-order valence-electron chi connectivity index (χ1n) is 8.67. The number of aryl methyl sites for hydroxylation is 1. The maximum Gasteiger partial charge on any atom is 0.271 e. The maximum atomic E-state index is 12.2. The summed E-state index contributed by atoms with van der Waals surface area (Å²) in [5.74, 6) is -0.295. The van der Waals surface area contributed by atoms with Crippen molar-refractivity contribution in [3.05, 3.63) is 57.8 Å². The van der Waals surface area contributed by atoms with E-state index in [2.05, 4.69) is 51.3 Å². The number of nitrogens with zero attached hydrogens (tertiary/aromatic N) is 3. The Morgan fingerprint density at radius 2 is 1.92 bits per heavy atom. The summed E-state index contributed by atoms with van der Waals surface area (Å²) in [6.07, 6.45) is 0. The fourth-order valence-electron chi connectivity index (χ4n) is 3.04. The fraction of sp³-hybridized carbons (Fsp3) is 0.368. The van der Waals surface area contributed by atoms with Crippen LogP contribution in [0.15, 0.2) is 36.4 Å². The normalized spacial score (nSPS) is 15.1. The Morgan fingerprint density at radius 1 is 1.15 bits per heavy atom. The summed E-state index contributed by atoms with van der Waals surface area (Å²) >= 11 is 11.8. The van der Waals surface area contributed by atoms with E-state index in [1.807, 2.05) is 0 Å². The van der Waals surface area contributed by atoms with Gasteiger partial charge in [0, 0.05) is 45.0 Å². The highest BCUT2D eigenvalue weighted by molar-refractivity contribution is 6.34. The summed E-state index contributed by atoms with van der Waals surface area (Å²) < 4.78 is 0. The molecule has 0 atom stereocenters. The van der Waals surface area contributed by atoms with Crippen molar-refractivity contribution in [2.24, 2.45) is 0 Å². The largest absolute Gasteiger partial charge is 0.369 e. The molecule has 3 rings (SSSR count). The Hall–Kier alpha value is -1.82. The topological polar surface area (TPSA) is 48.5 Å². The monoisotopic (exact) mass is 392 g/mol. The van der Waals surface area contributed by atoms with E-state index in [9.17, 15) is 4.79 Å². The zero-order valence-corrected chi connectivity index (χ0v) is 16.2. The SMILES string of the molecule is Cc1cccc(N2CCN(CCNC(=O)c3nc(Cl)ccc3Cl)CC2)c1. The second-order valence-electron chi connectivity index (χ2n) is 6.39. The predicted octanol–water partition coefficient (Wildman–Crippen LogP) is 3.25. The lowest BCUT2D eigenvalue weighted by atomic mass is 10.2. The van der Waals surface area contributed by atoms with Crippen LogP contribution in [0.1, 0.15) is 16.1 Å². The van der Waals surface area contributed by atoms with Gasteiger partial charge in [0.25, 0.3) is 5.91 Å². The van der Waals surface area contributed by atoms with Crippen molar-refractivity contribution in [2.45, 2.75) is 6.92 Å². The Kier molecular flexibility index (Phi) is 6.35. The Labute approximate surface area is 163 Å². The molecule has 0 unspecified atom stereocenters. The predicted molar refractivity (Wildman–Crippen MR) is 106 cm³/mol. The van der Waals surface area contributed by atoms with Gasteiger partial charge < -0.3 is 10.2 Å². The molecule has 0 aliphatic carbocycles. The molecule has 0 bridgehead atoms. The number of nitrogens with one attached hydrogen (secondary N) is 1. The van der Waals surface area contributed by atoms with E-state index in [1.54, 1.807) is 12.1 Å². The highest BCUT2D eigenvalue weighted by atomic mass is 35.5. The number of carbonyl (C=O) groups excluding carboxylic acids is 1. The average Bonchev–Trinajstić information content (AvgIpc) is 2.64. The van der Waals surface area contributed by atoms with Crippen LogP contribution >= 0.6 is 23.2 Å². The molecule has 0 saturated carbocycles. The van der Waals surface area contributed by atoms with Gasteiger partial charge >= 0.3 is 0 Å². The first-order valence-corrected chi connectivity index (χ1v) is 9.43. The van der Waals surface area contributed by atoms with Crippen LogP contribution < -0.4 is 10.2 Å². The standard InChI is InChI=1S/C19H22Cl2N4O/c1-14-3-2-4-15(13-14)25-11-9-24(10-12-25)8-7-22-19(26)18-16(20)5-6-17(21)23-18/h2-6,13H,7-12H2,1H3,(H,22,26). The summed E-state index contributed by atoms with van der Waals surface area (Å²) in [6.45, 7) is 7.38. The quantitative estimate of drug-likeness (QED) is 0.793. The number of piperazine rings is 1. The average molecular weight is 393 g/mol. The van der Waals surface area contributed by atoms with Crippen LogP contribution in [-0.2, 0) is 0 Å². The van der Waals surface area contributed by atoms with E-state index in [4.69, 9.17) is 23.2 Å². The number of hydrogen-bond donors (Lipinski definition) is 1. The third-order valence-corrected chi connectivity index (χ3v) is 5.00. The van der Waals surface area contributed by atoms with E-state index in [-0.39, 0.29) is 16.8 Å². The summed E-state index contributed by atoms with van der Waals surface area (Å²) in [7, 11) is 0. The molecule has 0 spiro atoms.